The van der Waals surface area contributed by atoms with Crippen LogP contribution in [0.15, 0.2) is 0 Å². The molecule has 0 rings (SSSR count). The van der Waals surface area contributed by atoms with Crippen molar-refractivity contribution < 1.29 is 69.1 Å². The van der Waals surface area contributed by atoms with Crippen molar-refractivity contribution in [3.63, 3.8) is 0 Å². The van der Waals surface area contributed by atoms with E-state index in [9.17, 15) is 43.9 Å². The van der Waals surface area contributed by atoms with Crippen molar-refractivity contribution in [1.82, 2.24) is 0 Å². The van der Waals surface area contributed by atoms with Gasteiger partial charge in [-0.2, -0.15) is 26.3 Å². The molecule has 0 aromatic rings. The number of hydrogen-bond acceptors (Lipinski definition) is 5. The maximum absolute atomic E-state index is 11.4. The Morgan fingerprint density at radius 3 is 1.04 bits per heavy atom. The van der Waals surface area contributed by atoms with E-state index in [1.165, 1.54) is 0 Å². The molecule has 0 aliphatic heterocycles. The van der Waals surface area contributed by atoms with Gasteiger partial charge in [-0.1, -0.05) is 13.8 Å². The molecule has 0 saturated carbocycles. The number of rotatable bonds is 4. The highest BCUT2D eigenvalue weighted by atomic mass is 19.3. The summed E-state index contributed by atoms with van der Waals surface area (Å²) in [7, 11) is 0.830. The molecule has 0 aromatic heterocycles. The normalized spacial score (nSPS) is 11.1. The fourth-order valence-electron chi connectivity index (χ4n) is 0.0645. The summed E-state index contributed by atoms with van der Waals surface area (Å²) in [5, 5.41) is 29.1. The van der Waals surface area contributed by atoms with E-state index in [1.54, 1.807) is 0 Å². The van der Waals surface area contributed by atoms with E-state index in [0.29, 0.717) is 6.92 Å². The number of halogens is 10. The number of ether oxygens (including phenoxy) is 1. The summed E-state index contributed by atoms with van der Waals surface area (Å²) in [6.45, 7) is -0.830. The molecule has 0 aromatic carbocycles. The minimum Gasteiger partial charge on any atom is -0.390 e. The molecule has 0 heterocycles. The van der Waals surface area contributed by atoms with Crippen LogP contribution in [0.25, 0.3) is 0 Å². The highest BCUT2D eigenvalue weighted by Crippen LogP contribution is 2.17. The Balaban J connectivity index is -0.0000000742. The monoisotopic (exact) mass is 424 g/mol. The first-order valence-corrected chi connectivity index (χ1v) is 6.23. The largest absolute Gasteiger partial charge is 0.414 e. The van der Waals surface area contributed by atoms with Gasteiger partial charge in [0, 0.05) is 14.0 Å². The summed E-state index contributed by atoms with van der Waals surface area (Å²) in [5.74, 6) is -2.90. The van der Waals surface area contributed by atoms with Crippen molar-refractivity contribution in [2.24, 2.45) is 0 Å². The van der Waals surface area contributed by atoms with Crippen LogP contribution >= 0.6 is 0 Å². The van der Waals surface area contributed by atoms with Gasteiger partial charge in [-0.25, -0.2) is 17.6 Å². The Morgan fingerprint density at radius 1 is 0.846 bits per heavy atom. The van der Waals surface area contributed by atoms with Gasteiger partial charge < -0.3 is 25.2 Å². The van der Waals surface area contributed by atoms with Crippen LogP contribution in [0, 0.1) is 0 Å². The summed E-state index contributed by atoms with van der Waals surface area (Å²) in [5.41, 5.74) is 0. The van der Waals surface area contributed by atoms with E-state index in [1.807, 2.05) is 13.8 Å². The summed E-state index contributed by atoms with van der Waals surface area (Å²) in [6, 6.07) is 0. The van der Waals surface area contributed by atoms with E-state index in [2.05, 4.69) is 4.74 Å². The predicted molar refractivity (Wildman–Crippen MR) is 69.5 cm³/mol. The Morgan fingerprint density at radius 2 is 1.04 bits per heavy atom. The van der Waals surface area contributed by atoms with E-state index in [-0.39, 0.29) is 0 Å². The quantitative estimate of drug-likeness (QED) is 0.522. The molecule has 0 bridgehead atoms. The molecule has 15 heteroatoms. The van der Waals surface area contributed by atoms with Gasteiger partial charge in [0.05, 0.1) is 0 Å². The zero-order valence-corrected chi connectivity index (χ0v) is 14.0. The zero-order chi connectivity index (χ0) is 22.8. The molecule has 0 spiro atoms. The maximum Gasteiger partial charge on any atom is 0.414 e. The van der Waals surface area contributed by atoms with Crippen LogP contribution in [0.3, 0.4) is 0 Å². The molecule has 166 valence electrons. The Bertz CT molecular complexity index is 257. The minimum absolute atomic E-state index is 0.660. The second-order valence-electron chi connectivity index (χ2n) is 3.39. The Labute approximate surface area is 142 Å². The fraction of sp³-hybridized carbons (Fsp3) is 1.00. The first-order chi connectivity index (χ1) is 11.4. The average molecular weight is 424 g/mol. The van der Waals surface area contributed by atoms with Crippen LogP contribution in [0.1, 0.15) is 20.8 Å². The van der Waals surface area contributed by atoms with Gasteiger partial charge in [0.25, 0.3) is 5.92 Å². The first kappa shape index (κ1) is 36.1. The number of aliphatic hydroxyl groups is 4. The lowest BCUT2D eigenvalue weighted by molar-refractivity contribution is -0.271. The smallest absolute Gasteiger partial charge is 0.390 e. The molecule has 0 aliphatic rings. The molecule has 5 nitrogen and oxygen atoms in total. The van der Waals surface area contributed by atoms with Crippen LogP contribution < -0.4 is 0 Å². The molecular formula is C11H22F10O5. The van der Waals surface area contributed by atoms with Crippen molar-refractivity contribution in [2.75, 3.05) is 20.3 Å². The lowest BCUT2D eigenvalue weighted by atomic mass is 10.4. The third kappa shape index (κ3) is 56.7. The molecule has 26 heavy (non-hydrogen) atoms. The zero-order valence-electron chi connectivity index (χ0n) is 14.0. The average Bonchev–Trinajstić information content (AvgIpc) is 2.48. The van der Waals surface area contributed by atoms with Crippen LogP contribution in [0.5, 0.6) is 0 Å². The topological polar surface area (TPSA) is 90.2 Å². The highest BCUT2D eigenvalue weighted by molar-refractivity contribution is 4.50. The molecule has 0 amide bonds. The van der Waals surface area contributed by atoms with Crippen LogP contribution in [-0.2, 0) is 4.74 Å². The molecule has 0 unspecified atom stereocenters. The second-order valence-corrected chi connectivity index (χ2v) is 3.39. The van der Waals surface area contributed by atoms with E-state index >= 15 is 0 Å². The second kappa shape index (κ2) is 18.9. The first-order valence-electron chi connectivity index (χ1n) is 6.23. The predicted octanol–water partition coefficient (Wildman–Crippen LogP) is 2.92. The number of aliphatic hydroxyl groups excluding tert-OH is 3. The SMILES string of the molecule is CC.CC(F)(F)CO.COC(F)(F)CO.OC(F)(F)C(F)F.OC(F)F. The molecule has 0 fully saturated rings. The molecule has 0 atom stereocenters. The summed E-state index contributed by atoms with van der Waals surface area (Å²) in [4.78, 5) is 0. The molecular weight excluding hydrogens is 402 g/mol. The summed E-state index contributed by atoms with van der Waals surface area (Å²) >= 11 is 0. The molecule has 0 radical (unpaired) electrons. The number of hydrogen-bond donors (Lipinski definition) is 4. The Hall–Kier alpha value is -0.900. The van der Waals surface area contributed by atoms with Crippen molar-refractivity contribution in [3.8, 4) is 0 Å². The van der Waals surface area contributed by atoms with Gasteiger partial charge >= 0.3 is 25.3 Å². The fourth-order valence-corrected chi connectivity index (χ4v) is 0.0645. The van der Waals surface area contributed by atoms with Crippen LogP contribution in [-0.4, -0.2) is 71.9 Å². The summed E-state index contributed by atoms with van der Waals surface area (Å²) < 4.78 is 111. The highest BCUT2D eigenvalue weighted by Gasteiger charge is 2.37. The van der Waals surface area contributed by atoms with Crippen LogP contribution in [0.4, 0.5) is 43.9 Å². The van der Waals surface area contributed by atoms with Gasteiger partial charge in [-0.05, 0) is 0 Å². The van der Waals surface area contributed by atoms with Crippen molar-refractivity contribution >= 4 is 0 Å². The van der Waals surface area contributed by atoms with Gasteiger partial charge in [0.15, 0.2) is 0 Å². The van der Waals surface area contributed by atoms with E-state index < -0.39 is 44.4 Å². The Kier molecular flexibility index (Phi) is 26.2. The van der Waals surface area contributed by atoms with Gasteiger partial charge in [-0.15, -0.1) is 0 Å². The van der Waals surface area contributed by atoms with E-state index in [0.717, 1.165) is 7.11 Å². The number of alkyl halides is 10. The number of methoxy groups -OCH3 is 1. The lowest BCUT2D eigenvalue weighted by Crippen LogP contribution is -2.24. The third-order valence-corrected chi connectivity index (χ3v) is 1.02. The van der Waals surface area contributed by atoms with Gasteiger partial charge in [0.2, 0.25) is 0 Å². The van der Waals surface area contributed by atoms with Crippen LogP contribution in [0.2, 0.25) is 0 Å². The van der Waals surface area contributed by atoms with Crippen molar-refractivity contribution in [1.29, 1.82) is 0 Å². The summed E-state index contributed by atoms with van der Waals surface area (Å²) in [6.07, 6.45) is -12.2. The standard InChI is InChI=1S/C3H6F2O2.C3H6F2O.C2H2F4O.C2H6.CH2F2O/c1-7-3(4,5)2-6;1-3(4,5)2-6;3-1(4)2(5,6)7;1-2;2-1(3)4/h6H,2H2,1H3;6H,2H2,1H3;1,7H;1-2H3;1,4H. The van der Waals surface area contributed by atoms with E-state index in [4.69, 9.17) is 20.4 Å². The van der Waals surface area contributed by atoms with Crippen molar-refractivity contribution in [2.45, 2.75) is 51.9 Å². The molecule has 4 N–H and O–H groups in total. The molecule has 0 aliphatic carbocycles. The van der Waals surface area contributed by atoms with Gasteiger partial charge in [0.1, 0.15) is 13.2 Å². The maximum atomic E-state index is 11.4. The lowest BCUT2D eigenvalue weighted by Gasteiger charge is -2.07. The van der Waals surface area contributed by atoms with Gasteiger partial charge in [-0.3, -0.25) is 0 Å². The molecule has 0 saturated heterocycles. The minimum atomic E-state index is -4.83. The third-order valence-electron chi connectivity index (χ3n) is 1.02. The van der Waals surface area contributed by atoms with Crippen molar-refractivity contribution in [3.05, 3.63) is 0 Å².